The summed E-state index contributed by atoms with van der Waals surface area (Å²) in [6.45, 7) is 18.2. The summed E-state index contributed by atoms with van der Waals surface area (Å²) >= 11 is 10.0. The smallest absolute Gasteiger partial charge is 0.119 e. The Morgan fingerprint density at radius 1 is 0.406 bits per heavy atom. The van der Waals surface area contributed by atoms with Crippen LogP contribution in [0, 0.1) is 0 Å². The van der Waals surface area contributed by atoms with Crippen molar-refractivity contribution in [2.24, 2.45) is 0 Å². The van der Waals surface area contributed by atoms with Gasteiger partial charge in [0.05, 0.1) is 53.0 Å². The molecule has 0 spiro atoms. The molecule has 0 aromatic heterocycles. The van der Waals surface area contributed by atoms with Crippen LogP contribution < -0.4 is 29.0 Å². The number of hydrogen-bond acceptors (Lipinski definition) is 10. The van der Waals surface area contributed by atoms with Gasteiger partial charge in [-0.2, -0.15) is 0 Å². The highest BCUT2D eigenvalue weighted by Crippen LogP contribution is 2.41. The lowest BCUT2D eigenvalue weighted by Gasteiger charge is -2.47. The lowest BCUT2D eigenvalue weighted by atomic mass is 9.90. The lowest BCUT2D eigenvalue weighted by Crippen LogP contribution is -2.57. The maximum atomic E-state index is 10.7. The van der Waals surface area contributed by atoms with Crippen LogP contribution in [0.5, 0.6) is 28.7 Å². The molecule has 15 rings (SSSR count). The Morgan fingerprint density at radius 2 is 0.755 bits per heavy atom. The molecule has 544 valence electrons. The molecular formula is C94H98BrClN4O6. The van der Waals surface area contributed by atoms with Crippen LogP contribution in [0.3, 0.4) is 0 Å². The molecule has 2 N–H and O–H groups in total. The van der Waals surface area contributed by atoms with Crippen molar-refractivity contribution in [3.63, 3.8) is 0 Å². The van der Waals surface area contributed by atoms with Gasteiger partial charge in [-0.1, -0.05) is 246 Å². The standard InChI is InChI=1S/C27H32N2O.C24H28N2O.C18H15ClO.C18H16O2.C7H7BrO/c1-5-16-28-18-21(3)29(19-20(28)2)27(23-12-8-13-24(17-23)30-4)26-15-9-11-22-10-6-7-14-25(22)26;1-17-16-26(18(2)15-25-17)24(20-10-6-11-21(14-20)27-3)23-13-7-9-19-8-4-5-12-22(19)23;2*1-20-15-9-4-8-14(12-15)18(19)17-11-5-7-13-6-2-3-10-16(13)17;1-9-7-4-2-3-6(8)5-7/h5-15,17,20-21,27H,1,16,18-19H2,2-4H3;4-14,17-18,24-25H,15-16H2,1-3H3;2-12,18H,1H3;2-12,18-19H,1H3;2-5H,1H3/t20-,21+,27?;17-,18+,24?;;;/m11.../s1. The van der Waals surface area contributed by atoms with Crippen molar-refractivity contribution in [2.45, 2.75) is 75.4 Å². The second-order valence-electron chi connectivity index (χ2n) is 27.1. The van der Waals surface area contributed by atoms with Crippen molar-refractivity contribution in [1.29, 1.82) is 0 Å². The number of methoxy groups -OCH3 is 5. The van der Waals surface area contributed by atoms with Crippen molar-refractivity contribution in [2.75, 3.05) is 68.3 Å². The van der Waals surface area contributed by atoms with Crippen LogP contribution in [0.25, 0.3) is 43.1 Å². The van der Waals surface area contributed by atoms with Gasteiger partial charge in [-0.25, -0.2) is 0 Å². The average molecular weight is 1500 g/mol. The number of fused-ring (bicyclic) bond motifs is 4. The molecule has 2 saturated heterocycles. The van der Waals surface area contributed by atoms with Gasteiger partial charge >= 0.3 is 0 Å². The molecule has 13 aromatic rings. The first-order valence-corrected chi connectivity index (χ1v) is 37.6. The minimum absolute atomic E-state index is 0.175. The molecule has 4 unspecified atom stereocenters. The number of aliphatic hydroxyl groups is 1. The molecule has 2 fully saturated rings. The molecule has 12 heteroatoms. The molecule has 0 amide bonds. The topological polar surface area (TPSA) is 88.1 Å². The second-order valence-corrected chi connectivity index (χ2v) is 28.5. The number of alkyl halides is 1. The number of ether oxygens (including phenoxy) is 5. The fourth-order valence-electron chi connectivity index (χ4n) is 14.6. The van der Waals surface area contributed by atoms with E-state index >= 15 is 0 Å². The first-order valence-electron chi connectivity index (χ1n) is 36.4. The van der Waals surface area contributed by atoms with Crippen LogP contribution in [0.4, 0.5) is 0 Å². The van der Waals surface area contributed by atoms with Crippen LogP contribution in [0.2, 0.25) is 0 Å². The Balaban J connectivity index is 0.000000137. The third-order valence-corrected chi connectivity index (χ3v) is 21.1. The van der Waals surface area contributed by atoms with Crippen molar-refractivity contribution in [1.82, 2.24) is 20.0 Å². The maximum absolute atomic E-state index is 10.7. The molecule has 2 heterocycles. The number of halogens is 2. The molecule has 0 aliphatic carbocycles. The third-order valence-electron chi connectivity index (χ3n) is 20.1. The van der Waals surface area contributed by atoms with E-state index in [0.717, 1.165) is 99.0 Å². The molecule has 0 saturated carbocycles. The minimum Gasteiger partial charge on any atom is -0.497 e. The molecule has 13 aromatic carbocycles. The monoisotopic (exact) mass is 1490 g/mol. The summed E-state index contributed by atoms with van der Waals surface area (Å²) in [5.74, 6) is 4.27. The fourth-order valence-corrected chi connectivity index (χ4v) is 15.3. The van der Waals surface area contributed by atoms with E-state index in [9.17, 15) is 5.11 Å². The number of nitrogens with zero attached hydrogens (tertiary/aromatic N) is 3. The molecule has 2 aliphatic heterocycles. The Morgan fingerprint density at radius 3 is 1.20 bits per heavy atom. The first kappa shape index (κ1) is 77.3. The zero-order valence-electron chi connectivity index (χ0n) is 62.2. The maximum Gasteiger partial charge on any atom is 0.119 e. The van der Waals surface area contributed by atoms with Gasteiger partial charge in [0.25, 0.3) is 0 Å². The molecule has 0 bridgehead atoms. The summed E-state index contributed by atoms with van der Waals surface area (Å²) in [5.41, 5.74) is 9.20. The molecule has 8 atom stereocenters. The lowest BCUT2D eigenvalue weighted by molar-refractivity contribution is 0.0309. The summed E-state index contributed by atoms with van der Waals surface area (Å²) in [6.07, 6.45) is 1.36. The normalized spacial score (nSPS) is 17.1. The highest BCUT2D eigenvalue weighted by molar-refractivity contribution is 9.10. The quantitative estimate of drug-likeness (QED) is 0.0679. The van der Waals surface area contributed by atoms with Gasteiger partial charge in [-0.15, -0.1) is 18.2 Å². The van der Waals surface area contributed by atoms with E-state index in [0.29, 0.717) is 24.2 Å². The van der Waals surface area contributed by atoms with Crippen molar-refractivity contribution in [3.8, 4) is 28.7 Å². The highest BCUT2D eigenvalue weighted by Gasteiger charge is 2.36. The zero-order chi connectivity index (χ0) is 74.5. The number of rotatable bonds is 17. The van der Waals surface area contributed by atoms with E-state index in [-0.39, 0.29) is 17.5 Å². The van der Waals surface area contributed by atoms with Gasteiger partial charge in [-0.05, 0) is 182 Å². The highest BCUT2D eigenvalue weighted by atomic mass is 79.9. The first-order chi connectivity index (χ1) is 51.7. The Kier molecular flexibility index (Phi) is 27.7. The molecular weight excluding hydrogens is 1400 g/mol. The predicted molar refractivity (Wildman–Crippen MR) is 445 cm³/mol. The van der Waals surface area contributed by atoms with Gasteiger partial charge in [0, 0.05) is 61.4 Å². The van der Waals surface area contributed by atoms with Crippen LogP contribution in [-0.4, -0.2) is 112 Å². The predicted octanol–water partition coefficient (Wildman–Crippen LogP) is 21.7. The van der Waals surface area contributed by atoms with E-state index in [4.69, 9.17) is 35.3 Å². The minimum atomic E-state index is -0.656. The van der Waals surface area contributed by atoms with Crippen LogP contribution in [0.1, 0.15) is 95.8 Å². The summed E-state index contributed by atoms with van der Waals surface area (Å²) in [6, 6.07) is 102. The van der Waals surface area contributed by atoms with Gasteiger partial charge in [0.15, 0.2) is 0 Å². The van der Waals surface area contributed by atoms with Crippen LogP contribution >= 0.6 is 27.5 Å². The zero-order valence-corrected chi connectivity index (χ0v) is 64.6. The van der Waals surface area contributed by atoms with Gasteiger partial charge in [-0.3, -0.25) is 14.7 Å². The summed E-state index contributed by atoms with van der Waals surface area (Å²) in [4.78, 5) is 7.83. The van der Waals surface area contributed by atoms with E-state index in [1.54, 1.807) is 35.5 Å². The fraction of sp³-hybridized carbons (Fsp3) is 0.234. The Hall–Kier alpha value is -9.79. The van der Waals surface area contributed by atoms with Crippen molar-refractivity contribution >= 4 is 70.6 Å². The van der Waals surface area contributed by atoms with E-state index < -0.39 is 6.10 Å². The molecule has 106 heavy (non-hydrogen) atoms. The number of aliphatic hydroxyl groups excluding tert-OH is 1. The van der Waals surface area contributed by atoms with Crippen LogP contribution in [-0.2, 0) is 0 Å². The van der Waals surface area contributed by atoms with Gasteiger partial charge in [0.1, 0.15) is 34.9 Å². The second kappa shape index (κ2) is 38.0. The summed E-state index contributed by atoms with van der Waals surface area (Å²) < 4.78 is 27.6. The largest absolute Gasteiger partial charge is 0.497 e. The number of nitrogens with one attached hydrogen (secondary N) is 1. The van der Waals surface area contributed by atoms with E-state index in [1.165, 1.54) is 54.6 Å². The van der Waals surface area contributed by atoms with Gasteiger partial charge in [0.2, 0.25) is 0 Å². The Labute approximate surface area is 640 Å². The van der Waals surface area contributed by atoms with Gasteiger partial charge < -0.3 is 34.1 Å². The van der Waals surface area contributed by atoms with Crippen LogP contribution in [0.15, 0.2) is 308 Å². The SMILES string of the molecule is C=CCN1C[C@H](C)N(C(c2cccc(OC)c2)c2cccc3ccccc23)C[C@H]1C.COc1cccc(Br)c1.COc1cccc(C(Cl)c2cccc3ccccc23)c1.COc1cccc(C(O)c2cccc3ccccc23)c1.COc1cccc(C(c2cccc3ccccc23)N2C[C@@H](C)NC[C@@H]2C)c1. The summed E-state index contributed by atoms with van der Waals surface area (Å²) in [7, 11) is 8.43. The molecule has 2 aliphatic rings. The van der Waals surface area contributed by atoms with Crippen molar-refractivity contribution in [3.05, 3.63) is 353 Å². The molecule has 10 nitrogen and oxygen atoms in total. The van der Waals surface area contributed by atoms with E-state index in [1.807, 2.05) is 140 Å². The Bertz CT molecular complexity index is 4850. The average Bonchev–Trinajstić information content (AvgIpc) is 0.788. The molecule has 0 radical (unpaired) electrons. The van der Waals surface area contributed by atoms with E-state index in [2.05, 4.69) is 228 Å². The third kappa shape index (κ3) is 19.2. The number of piperazine rings is 2. The number of benzene rings is 13. The summed E-state index contributed by atoms with van der Waals surface area (Å²) in [5, 5.41) is 23.9. The van der Waals surface area contributed by atoms with Crippen molar-refractivity contribution < 1.29 is 28.8 Å². The number of hydrogen-bond donors (Lipinski definition) is 2.